The molecule has 2 N–H and O–H groups in total. The summed E-state index contributed by atoms with van der Waals surface area (Å²) in [5.74, 6) is 1.59. The van der Waals surface area contributed by atoms with Gasteiger partial charge in [-0.05, 0) is 91.4 Å². The van der Waals surface area contributed by atoms with Gasteiger partial charge in [-0.1, -0.05) is 35.9 Å². The number of carboxylic acids is 1. The van der Waals surface area contributed by atoms with Crippen LogP contribution in [0.4, 0.5) is 0 Å². The molecule has 0 heterocycles. The Labute approximate surface area is 160 Å². The smallest absolute Gasteiger partial charge is 0.339 e. The van der Waals surface area contributed by atoms with Crippen molar-refractivity contribution in [3.05, 3.63) is 64.7 Å². The number of aromatic carboxylic acids is 1. The summed E-state index contributed by atoms with van der Waals surface area (Å²) in [7, 11) is 0. The number of aryl methyl sites for hydroxylation is 1. The monoisotopic (exact) mass is 362 g/mol. The first-order chi connectivity index (χ1) is 12.9. The van der Waals surface area contributed by atoms with E-state index in [4.69, 9.17) is 0 Å². The average Bonchev–Trinajstić information content (AvgIpc) is 2.62. The standard InChI is InChI=1S/C24H26O3/c1-14-2-4-16(5-3-14)22-17-8-15-9-18(22)13-24(11-15,12-17)19-6-7-21(25)20(10-19)23(26)27/h2-7,10,15,17-18,22,25H,8-9,11-13H2,1H3,(H,26,27). The molecule has 0 amide bonds. The van der Waals surface area contributed by atoms with Crippen LogP contribution < -0.4 is 0 Å². The third-order valence-corrected chi connectivity index (χ3v) is 7.57. The largest absolute Gasteiger partial charge is 0.507 e. The van der Waals surface area contributed by atoms with E-state index >= 15 is 0 Å². The SMILES string of the molecule is Cc1ccc(C2C3CC4CC2CC(c2ccc(O)c(C(=O)O)c2)(C4)C3)cc1. The van der Waals surface area contributed by atoms with Crippen LogP contribution in [0, 0.1) is 24.7 Å². The molecule has 140 valence electrons. The molecule has 0 aliphatic heterocycles. The summed E-state index contributed by atoms with van der Waals surface area (Å²) < 4.78 is 0. The van der Waals surface area contributed by atoms with Crippen molar-refractivity contribution in [3.8, 4) is 5.75 Å². The van der Waals surface area contributed by atoms with Crippen molar-refractivity contribution in [2.45, 2.75) is 50.4 Å². The minimum absolute atomic E-state index is 0.0401. The van der Waals surface area contributed by atoms with E-state index in [2.05, 4.69) is 31.2 Å². The highest BCUT2D eigenvalue weighted by Gasteiger charge is 2.56. The van der Waals surface area contributed by atoms with Crippen LogP contribution in [0.25, 0.3) is 0 Å². The molecule has 0 aromatic heterocycles. The third-order valence-electron chi connectivity index (χ3n) is 7.57. The van der Waals surface area contributed by atoms with E-state index in [1.165, 1.54) is 30.4 Å². The van der Waals surface area contributed by atoms with Crippen LogP contribution in [0.5, 0.6) is 5.75 Å². The molecular formula is C24H26O3. The van der Waals surface area contributed by atoms with Crippen molar-refractivity contribution in [1.82, 2.24) is 0 Å². The minimum Gasteiger partial charge on any atom is -0.507 e. The normalized spacial score (nSPS) is 34.0. The molecule has 2 atom stereocenters. The Hall–Kier alpha value is -2.29. The van der Waals surface area contributed by atoms with Crippen molar-refractivity contribution >= 4 is 5.97 Å². The molecule has 4 aliphatic rings. The third kappa shape index (κ3) is 2.59. The predicted molar refractivity (Wildman–Crippen MR) is 104 cm³/mol. The van der Waals surface area contributed by atoms with E-state index in [0.29, 0.717) is 17.8 Å². The summed E-state index contributed by atoms with van der Waals surface area (Å²) in [6.45, 7) is 2.14. The molecule has 4 aliphatic carbocycles. The number of benzene rings is 2. The fourth-order valence-electron chi connectivity index (χ4n) is 6.75. The van der Waals surface area contributed by atoms with Gasteiger partial charge in [0.25, 0.3) is 0 Å². The Morgan fingerprint density at radius 3 is 2.30 bits per heavy atom. The van der Waals surface area contributed by atoms with E-state index in [-0.39, 0.29) is 16.7 Å². The van der Waals surface area contributed by atoms with Gasteiger partial charge in [0.15, 0.2) is 0 Å². The molecule has 0 saturated heterocycles. The Morgan fingerprint density at radius 1 is 1.00 bits per heavy atom. The van der Waals surface area contributed by atoms with Gasteiger partial charge in [-0.2, -0.15) is 0 Å². The second-order valence-electron chi connectivity index (χ2n) is 9.22. The Morgan fingerprint density at radius 2 is 1.67 bits per heavy atom. The summed E-state index contributed by atoms with van der Waals surface area (Å²) in [6, 6.07) is 14.4. The van der Waals surface area contributed by atoms with Crippen molar-refractivity contribution in [3.63, 3.8) is 0 Å². The molecule has 4 fully saturated rings. The summed E-state index contributed by atoms with van der Waals surface area (Å²) in [4.78, 5) is 11.5. The molecule has 6 rings (SSSR count). The highest BCUT2D eigenvalue weighted by atomic mass is 16.4. The van der Waals surface area contributed by atoms with Crippen LogP contribution in [0.1, 0.15) is 65.1 Å². The molecular weight excluding hydrogens is 336 g/mol. The van der Waals surface area contributed by atoms with Crippen LogP contribution in [0.3, 0.4) is 0 Å². The van der Waals surface area contributed by atoms with Gasteiger partial charge in [-0.3, -0.25) is 0 Å². The van der Waals surface area contributed by atoms with Crippen molar-refractivity contribution in [1.29, 1.82) is 0 Å². The first kappa shape index (κ1) is 16.9. The van der Waals surface area contributed by atoms with Gasteiger partial charge in [-0.25, -0.2) is 4.79 Å². The van der Waals surface area contributed by atoms with E-state index in [0.717, 1.165) is 24.3 Å². The van der Waals surface area contributed by atoms with Crippen LogP contribution in [0.2, 0.25) is 0 Å². The Kier molecular flexibility index (Phi) is 3.65. The van der Waals surface area contributed by atoms with Gasteiger partial charge < -0.3 is 10.2 Å². The first-order valence-corrected chi connectivity index (χ1v) is 10.1. The van der Waals surface area contributed by atoms with Gasteiger partial charge in [0.2, 0.25) is 0 Å². The number of phenols is 1. The first-order valence-electron chi connectivity index (χ1n) is 10.1. The zero-order valence-corrected chi connectivity index (χ0v) is 15.7. The van der Waals surface area contributed by atoms with Gasteiger partial charge in [0.05, 0.1) is 0 Å². The number of carboxylic acid groups (broad SMARTS) is 1. The van der Waals surface area contributed by atoms with Gasteiger partial charge in [-0.15, -0.1) is 0 Å². The van der Waals surface area contributed by atoms with E-state index in [1.54, 1.807) is 12.1 Å². The number of hydrogen-bond donors (Lipinski definition) is 2. The number of carbonyl (C=O) groups is 1. The zero-order valence-electron chi connectivity index (χ0n) is 15.7. The van der Waals surface area contributed by atoms with Crippen molar-refractivity contribution in [2.24, 2.45) is 17.8 Å². The lowest BCUT2D eigenvalue weighted by atomic mass is 9.44. The second-order valence-corrected chi connectivity index (χ2v) is 9.22. The van der Waals surface area contributed by atoms with Crippen LogP contribution in [0.15, 0.2) is 42.5 Å². The molecule has 2 unspecified atom stereocenters. The molecule has 4 bridgehead atoms. The lowest BCUT2D eigenvalue weighted by molar-refractivity contribution is -0.0256. The second kappa shape index (κ2) is 5.85. The fourth-order valence-corrected chi connectivity index (χ4v) is 6.75. The van der Waals surface area contributed by atoms with Crippen LogP contribution in [-0.4, -0.2) is 16.2 Å². The minimum atomic E-state index is -1.04. The molecule has 3 heteroatoms. The lowest BCUT2D eigenvalue weighted by Crippen LogP contribution is -2.52. The van der Waals surface area contributed by atoms with Gasteiger partial charge >= 0.3 is 5.97 Å². The van der Waals surface area contributed by atoms with Gasteiger partial charge in [0.1, 0.15) is 11.3 Å². The van der Waals surface area contributed by atoms with Gasteiger partial charge in [0, 0.05) is 0 Å². The van der Waals surface area contributed by atoms with E-state index < -0.39 is 5.97 Å². The Balaban J connectivity index is 1.52. The lowest BCUT2D eigenvalue weighted by Gasteiger charge is -2.60. The maximum absolute atomic E-state index is 11.5. The molecule has 2 aromatic rings. The number of aromatic hydroxyl groups is 1. The summed E-state index contributed by atoms with van der Waals surface area (Å²) in [6.07, 6.45) is 6.07. The molecule has 3 nitrogen and oxygen atoms in total. The Bertz CT molecular complexity index is 882. The van der Waals surface area contributed by atoms with E-state index in [9.17, 15) is 15.0 Å². The van der Waals surface area contributed by atoms with Crippen molar-refractivity contribution < 1.29 is 15.0 Å². The summed E-state index contributed by atoms with van der Waals surface area (Å²) in [5.41, 5.74) is 4.05. The molecule has 2 aromatic carbocycles. The maximum atomic E-state index is 11.5. The number of hydrogen-bond acceptors (Lipinski definition) is 2. The highest BCUT2D eigenvalue weighted by molar-refractivity contribution is 5.91. The maximum Gasteiger partial charge on any atom is 0.339 e. The zero-order chi connectivity index (χ0) is 18.8. The number of rotatable bonds is 3. The fraction of sp³-hybridized carbons (Fsp3) is 0.458. The predicted octanol–water partition coefficient (Wildman–Crippen LogP) is 5.26. The molecule has 0 spiro atoms. The molecule has 0 radical (unpaired) electrons. The molecule has 4 saturated carbocycles. The topological polar surface area (TPSA) is 57.5 Å². The van der Waals surface area contributed by atoms with E-state index in [1.807, 2.05) is 6.07 Å². The summed E-state index contributed by atoms with van der Waals surface area (Å²) in [5, 5.41) is 19.3. The quantitative estimate of drug-likeness (QED) is 0.783. The van der Waals surface area contributed by atoms with Crippen LogP contribution >= 0.6 is 0 Å². The highest BCUT2D eigenvalue weighted by Crippen LogP contribution is 2.65. The average molecular weight is 362 g/mol. The summed E-state index contributed by atoms with van der Waals surface area (Å²) >= 11 is 0. The molecule has 27 heavy (non-hydrogen) atoms. The van der Waals surface area contributed by atoms with Crippen molar-refractivity contribution in [2.75, 3.05) is 0 Å². The van der Waals surface area contributed by atoms with Crippen LogP contribution in [-0.2, 0) is 5.41 Å².